The van der Waals surface area contributed by atoms with Crippen molar-refractivity contribution >= 4 is 11.7 Å². The molecule has 1 heterocycles. The van der Waals surface area contributed by atoms with E-state index in [1.54, 1.807) is 18.2 Å². The molecule has 0 bridgehead atoms. The summed E-state index contributed by atoms with van der Waals surface area (Å²) in [5.41, 5.74) is 0.132. The molecular weight excluding hydrogens is 278 g/mol. The Labute approximate surface area is 118 Å². The van der Waals surface area contributed by atoms with Gasteiger partial charge in [0.05, 0.1) is 10.5 Å². The Kier molecular flexibility index (Phi) is 3.15. The Bertz CT molecular complexity index is 710. The Hall–Kier alpha value is -3.09. The Morgan fingerprint density at radius 1 is 1.10 bits per heavy atom. The minimum atomic E-state index is -0.608. The van der Waals surface area contributed by atoms with Crippen LogP contribution in [0.4, 0.5) is 5.69 Å². The fraction of sp³-hybridized carbons (Fsp3) is 0.0714. The van der Waals surface area contributed by atoms with Crippen LogP contribution in [-0.2, 0) is 0 Å². The lowest BCUT2D eigenvalue weighted by atomic mass is 10.2. The number of hydrogen-bond donors (Lipinski definition) is 0. The first-order chi connectivity index (χ1) is 10.1. The monoisotopic (exact) mass is 287 g/mol. The van der Waals surface area contributed by atoms with E-state index in [1.165, 1.54) is 24.3 Å². The number of ether oxygens (including phenoxy) is 3. The zero-order valence-corrected chi connectivity index (χ0v) is 10.6. The van der Waals surface area contributed by atoms with Gasteiger partial charge in [-0.25, -0.2) is 4.79 Å². The molecule has 0 saturated heterocycles. The third-order valence-corrected chi connectivity index (χ3v) is 2.87. The molecule has 0 N–H and O–H groups in total. The summed E-state index contributed by atoms with van der Waals surface area (Å²) in [6, 6.07) is 9.94. The first-order valence-electron chi connectivity index (χ1n) is 6.00. The fourth-order valence-electron chi connectivity index (χ4n) is 1.83. The quantitative estimate of drug-likeness (QED) is 0.373. The summed E-state index contributed by atoms with van der Waals surface area (Å²) in [6.07, 6.45) is 0. The molecule has 0 spiro atoms. The van der Waals surface area contributed by atoms with Crippen LogP contribution in [0.15, 0.2) is 42.5 Å². The SMILES string of the molecule is O=C(Oc1ccc2c(c1)OCO2)c1ccc([N+](=O)[O-])cc1. The van der Waals surface area contributed by atoms with Gasteiger partial charge in [-0.3, -0.25) is 10.1 Å². The lowest BCUT2D eigenvalue weighted by Crippen LogP contribution is -2.08. The maximum atomic E-state index is 11.9. The van der Waals surface area contributed by atoms with Crippen molar-refractivity contribution in [1.29, 1.82) is 0 Å². The summed E-state index contributed by atoms with van der Waals surface area (Å²) in [6.45, 7) is 0.134. The molecule has 2 aromatic rings. The molecule has 0 radical (unpaired) electrons. The van der Waals surface area contributed by atoms with Gasteiger partial charge in [0.2, 0.25) is 6.79 Å². The van der Waals surface area contributed by atoms with Gasteiger partial charge in [0.1, 0.15) is 5.75 Å². The molecule has 3 rings (SSSR count). The highest BCUT2D eigenvalue weighted by Crippen LogP contribution is 2.35. The van der Waals surface area contributed by atoms with Crippen molar-refractivity contribution in [3.63, 3.8) is 0 Å². The topological polar surface area (TPSA) is 87.9 Å². The van der Waals surface area contributed by atoms with E-state index >= 15 is 0 Å². The second-order valence-electron chi connectivity index (χ2n) is 4.21. The fourth-order valence-corrected chi connectivity index (χ4v) is 1.83. The number of nitro benzene ring substituents is 1. The van der Waals surface area contributed by atoms with Crippen molar-refractivity contribution in [2.75, 3.05) is 6.79 Å². The average Bonchev–Trinajstić information content (AvgIpc) is 2.95. The molecule has 7 heteroatoms. The molecule has 0 aromatic heterocycles. The molecule has 0 fully saturated rings. The molecule has 1 aliphatic rings. The first-order valence-corrected chi connectivity index (χ1v) is 6.00. The molecule has 0 atom stereocenters. The van der Waals surface area contributed by atoms with Crippen LogP contribution < -0.4 is 14.2 Å². The normalized spacial score (nSPS) is 12.0. The van der Waals surface area contributed by atoms with Crippen LogP contribution in [0.1, 0.15) is 10.4 Å². The first kappa shape index (κ1) is 12.9. The number of fused-ring (bicyclic) bond motifs is 1. The summed E-state index contributed by atoms with van der Waals surface area (Å²) in [4.78, 5) is 21.9. The molecule has 21 heavy (non-hydrogen) atoms. The predicted octanol–water partition coefficient (Wildman–Crippen LogP) is 2.54. The number of non-ortho nitro benzene ring substituents is 1. The third-order valence-electron chi connectivity index (χ3n) is 2.87. The minimum absolute atomic E-state index is 0.0883. The van der Waals surface area contributed by atoms with E-state index in [4.69, 9.17) is 14.2 Å². The highest BCUT2D eigenvalue weighted by molar-refractivity contribution is 5.91. The van der Waals surface area contributed by atoms with Crippen LogP contribution in [0.2, 0.25) is 0 Å². The van der Waals surface area contributed by atoms with E-state index in [1.807, 2.05) is 0 Å². The van der Waals surface area contributed by atoms with Crippen LogP contribution in [0.5, 0.6) is 17.2 Å². The van der Waals surface area contributed by atoms with Crippen molar-refractivity contribution in [3.05, 3.63) is 58.1 Å². The zero-order valence-electron chi connectivity index (χ0n) is 10.6. The zero-order chi connectivity index (χ0) is 14.8. The van der Waals surface area contributed by atoms with Gasteiger partial charge in [0, 0.05) is 18.2 Å². The van der Waals surface area contributed by atoms with Crippen molar-refractivity contribution in [3.8, 4) is 17.2 Å². The van der Waals surface area contributed by atoms with Crippen molar-refractivity contribution in [2.45, 2.75) is 0 Å². The summed E-state index contributed by atoms with van der Waals surface area (Å²) in [7, 11) is 0. The molecule has 7 nitrogen and oxygen atoms in total. The number of hydrogen-bond acceptors (Lipinski definition) is 6. The lowest BCUT2D eigenvalue weighted by molar-refractivity contribution is -0.384. The largest absolute Gasteiger partial charge is 0.454 e. The number of carbonyl (C=O) groups is 1. The number of nitro groups is 1. The second kappa shape index (κ2) is 5.12. The van der Waals surface area contributed by atoms with Crippen molar-refractivity contribution < 1.29 is 23.9 Å². The highest BCUT2D eigenvalue weighted by Gasteiger charge is 2.16. The van der Waals surface area contributed by atoms with E-state index in [2.05, 4.69) is 0 Å². The van der Waals surface area contributed by atoms with Gasteiger partial charge in [-0.15, -0.1) is 0 Å². The molecule has 106 valence electrons. The number of carbonyl (C=O) groups excluding carboxylic acids is 1. The minimum Gasteiger partial charge on any atom is -0.454 e. The highest BCUT2D eigenvalue weighted by atomic mass is 16.7. The third kappa shape index (κ3) is 2.62. The smallest absolute Gasteiger partial charge is 0.343 e. The molecule has 2 aromatic carbocycles. The molecule has 0 unspecified atom stereocenters. The Morgan fingerprint density at radius 2 is 1.81 bits per heavy atom. The second-order valence-corrected chi connectivity index (χ2v) is 4.21. The van der Waals surface area contributed by atoms with E-state index in [9.17, 15) is 14.9 Å². The van der Waals surface area contributed by atoms with Crippen LogP contribution in [0, 0.1) is 10.1 Å². The molecule has 0 saturated carbocycles. The summed E-state index contributed by atoms with van der Waals surface area (Å²) in [5, 5.41) is 10.5. The Morgan fingerprint density at radius 3 is 2.52 bits per heavy atom. The van der Waals surface area contributed by atoms with Gasteiger partial charge in [0.15, 0.2) is 11.5 Å². The number of nitrogens with zero attached hydrogens (tertiary/aromatic N) is 1. The number of benzene rings is 2. The van der Waals surface area contributed by atoms with Crippen LogP contribution in [0.3, 0.4) is 0 Å². The van der Waals surface area contributed by atoms with E-state index in [-0.39, 0.29) is 18.0 Å². The predicted molar refractivity (Wildman–Crippen MR) is 70.6 cm³/mol. The molecule has 0 amide bonds. The molecule has 1 aliphatic heterocycles. The van der Waals surface area contributed by atoms with Crippen molar-refractivity contribution in [1.82, 2.24) is 0 Å². The molecule has 0 aliphatic carbocycles. The summed E-state index contributed by atoms with van der Waals surface area (Å²) in [5.74, 6) is 0.792. The van der Waals surface area contributed by atoms with E-state index in [0.717, 1.165) is 0 Å². The van der Waals surface area contributed by atoms with Gasteiger partial charge in [-0.2, -0.15) is 0 Å². The maximum absolute atomic E-state index is 11.9. The Balaban J connectivity index is 1.75. The molecular formula is C14H9NO6. The van der Waals surface area contributed by atoms with E-state index in [0.29, 0.717) is 17.2 Å². The van der Waals surface area contributed by atoms with Crippen LogP contribution in [-0.4, -0.2) is 17.7 Å². The lowest BCUT2D eigenvalue weighted by Gasteiger charge is -2.05. The van der Waals surface area contributed by atoms with Crippen molar-refractivity contribution in [2.24, 2.45) is 0 Å². The standard InChI is InChI=1S/C14H9NO6/c16-14(9-1-3-10(4-2-9)15(17)18)21-11-5-6-12-13(7-11)20-8-19-12/h1-7H,8H2. The van der Waals surface area contributed by atoms with Gasteiger partial charge < -0.3 is 14.2 Å². The van der Waals surface area contributed by atoms with Crippen LogP contribution >= 0.6 is 0 Å². The summed E-state index contributed by atoms with van der Waals surface area (Å²) < 4.78 is 15.5. The van der Waals surface area contributed by atoms with Gasteiger partial charge in [-0.1, -0.05) is 0 Å². The summed E-state index contributed by atoms with van der Waals surface area (Å²) >= 11 is 0. The van der Waals surface area contributed by atoms with Crippen LogP contribution in [0.25, 0.3) is 0 Å². The average molecular weight is 287 g/mol. The van der Waals surface area contributed by atoms with E-state index < -0.39 is 10.9 Å². The van der Waals surface area contributed by atoms with Gasteiger partial charge in [-0.05, 0) is 24.3 Å². The van der Waals surface area contributed by atoms with Gasteiger partial charge in [0.25, 0.3) is 5.69 Å². The number of esters is 1. The van der Waals surface area contributed by atoms with Gasteiger partial charge >= 0.3 is 5.97 Å². The number of rotatable bonds is 3. The maximum Gasteiger partial charge on any atom is 0.343 e.